The highest BCUT2D eigenvalue weighted by Gasteiger charge is 2.47. The van der Waals surface area contributed by atoms with Gasteiger partial charge in [0.1, 0.15) is 6.33 Å². The summed E-state index contributed by atoms with van der Waals surface area (Å²) in [7, 11) is 1.65. The Morgan fingerprint density at radius 1 is 1.15 bits per heavy atom. The topological polar surface area (TPSA) is 105 Å². The van der Waals surface area contributed by atoms with Crippen LogP contribution < -0.4 is 10.6 Å². The number of rotatable bonds is 3. The third-order valence-electron chi connectivity index (χ3n) is 6.71. The van der Waals surface area contributed by atoms with Gasteiger partial charge in [-0.05, 0) is 25.0 Å². The van der Waals surface area contributed by atoms with E-state index in [2.05, 4.69) is 24.8 Å². The number of halogens is 2. The number of carbonyl (C=O) groups excluding carboxylic acids is 1. The van der Waals surface area contributed by atoms with Crippen LogP contribution in [0.1, 0.15) is 29.5 Å². The average Bonchev–Trinajstić information content (AvgIpc) is 3.33. The van der Waals surface area contributed by atoms with Crippen molar-refractivity contribution in [2.24, 2.45) is 7.05 Å². The SMILES string of the molecule is Cn1c(C(=O)N2CC(F)(F)C2)nc2c(N3CCC(n4c(=O)[nH]c5ccccc54)CC3)ncnc21. The van der Waals surface area contributed by atoms with E-state index >= 15 is 0 Å². The Bertz CT molecular complexity index is 1470. The van der Waals surface area contributed by atoms with Gasteiger partial charge in [0.25, 0.3) is 11.8 Å². The molecule has 10 nitrogen and oxygen atoms in total. The standard InChI is InChI=1S/C22H22F2N8O2/c1-29-17-16(28-19(29)20(33)31-10-22(23,24)11-31)18(26-12-25-17)30-8-6-13(7-9-30)32-15-5-3-2-4-14(15)27-21(32)34/h2-5,12-13H,6-11H2,1H3,(H,27,34). The zero-order chi connectivity index (χ0) is 23.6. The number of fused-ring (bicyclic) bond motifs is 2. The van der Waals surface area contributed by atoms with Crippen LogP contribution in [0.15, 0.2) is 35.4 Å². The maximum absolute atomic E-state index is 13.2. The molecule has 0 unspecified atom stereocenters. The molecular weight excluding hydrogens is 446 g/mol. The molecule has 6 rings (SSSR count). The number of imidazole rings is 2. The molecule has 0 saturated carbocycles. The fraction of sp³-hybridized carbons (Fsp3) is 0.409. The number of likely N-dealkylation sites (tertiary alicyclic amines) is 1. The zero-order valence-corrected chi connectivity index (χ0v) is 18.4. The minimum absolute atomic E-state index is 0.0474. The van der Waals surface area contributed by atoms with Crippen molar-refractivity contribution >= 4 is 33.9 Å². The predicted octanol–water partition coefficient (Wildman–Crippen LogP) is 1.94. The molecule has 0 spiro atoms. The zero-order valence-electron chi connectivity index (χ0n) is 18.4. The number of amides is 1. The second-order valence-electron chi connectivity index (χ2n) is 8.92. The van der Waals surface area contributed by atoms with Crippen LogP contribution in [-0.2, 0) is 7.05 Å². The lowest BCUT2D eigenvalue weighted by Crippen LogP contribution is -2.58. The Labute approximate surface area is 191 Å². The number of hydrogen-bond acceptors (Lipinski definition) is 6. The Kier molecular flexibility index (Phi) is 4.48. The van der Waals surface area contributed by atoms with Crippen molar-refractivity contribution in [2.45, 2.75) is 24.8 Å². The first kappa shape index (κ1) is 20.8. The lowest BCUT2D eigenvalue weighted by molar-refractivity contribution is -0.113. The summed E-state index contributed by atoms with van der Waals surface area (Å²) in [4.78, 5) is 44.5. The monoisotopic (exact) mass is 468 g/mol. The number of alkyl halides is 2. The second kappa shape index (κ2) is 7.34. The number of nitrogens with zero attached hydrogens (tertiary/aromatic N) is 7. The molecule has 1 N–H and O–H groups in total. The van der Waals surface area contributed by atoms with Crippen molar-refractivity contribution in [3.8, 4) is 0 Å². The summed E-state index contributed by atoms with van der Waals surface area (Å²) < 4.78 is 29.8. The van der Waals surface area contributed by atoms with Crippen LogP contribution in [0.25, 0.3) is 22.2 Å². The quantitative estimate of drug-likeness (QED) is 0.493. The predicted molar refractivity (Wildman–Crippen MR) is 120 cm³/mol. The van der Waals surface area contributed by atoms with Crippen LogP contribution in [0.2, 0.25) is 0 Å². The molecular formula is C22H22F2N8O2. The van der Waals surface area contributed by atoms with E-state index < -0.39 is 24.9 Å². The molecule has 1 aromatic carbocycles. The van der Waals surface area contributed by atoms with Crippen LogP contribution >= 0.6 is 0 Å². The maximum Gasteiger partial charge on any atom is 0.326 e. The molecule has 2 saturated heterocycles. The molecule has 2 aliphatic heterocycles. The van der Waals surface area contributed by atoms with Gasteiger partial charge in [0.05, 0.1) is 24.1 Å². The molecule has 3 aromatic heterocycles. The Morgan fingerprint density at radius 2 is 1.88 bits per heavy atom. The molecule has 0 bridgehead atoms. The molecule has 1 amide bonds. The van der Waals surface area contributed by atoms with E-state index in [1.807, 2.05) is 28.8 Å². The molecule has 0 atom stereocenters. The fourth-order valence-electron chi connectivity index (χ4n) is 4.98. The Hall–Kier alpha value is -3.83. The number of benzene rings is 1. The van der Waals surface area contributed by atoms with Crippen molar-refractivity contribution < 1.29 is 13.6 Å². The maximum atomic E-state index is 13.2. The molecule has 5 heterocycles. The summed E-state index contributed by atoms with van der Waals surface area (Å²) in [5.74, 6) is -2.73. The molecule has 34 heavy (non-hydrogen) atoms. The normalized spacial score (nSPS) is 18.6. The summed E-state index contributed by atoms with van der Waals surface area (Å²) in [5.41, 5.74) is 2.52. The van der Waals surface area contributed by atoms with E-state index in [0.717, 1.165) is 28.8 Å². The second-order valence-corrected chi connectivity index (χ2v) is 8.92. The van der Waals surface area contributed by atoms with E-state index in [-0.39, 0.29) is 17.6 Å². The summed E-state index contributed by atoms with van der Waals surface area (Å²) in [5, 5.41) is 0. The Balaban J connectivity index is 1.26. The van der Waals surface area contributed by atoms with E-state index in [9.17, 15) is 18.4 Å². The van der Waals surface area contributed by atoms with Crippen LogP contribution in [0.5, 0.6) is 0 Å². The third-order valence-corrected chi connectivity index (χ3v) is 6.71. The molecule has 2 aliphatic rings. The largest absolute Gasteiger partial charge is 0.355 e. The third kappa shape index (κ3) is 3.16. The number of carbonyl (C=O) groups is 1. The van der Waals surface area contributed by atoms with Gasteiger partial charge in [-0.15, -0.1) is 0 Å². The van der Waals surface area contributed by atoms with E-state index in [4.69, 9.17) is 0 Å². The van der Waals surface area contributed by atoms with Crippen LogP contribution in [0, 0.1) is 0 Å². The van der Waals surface area contributed by atoms with Crippen molar-refractivity contribution in [1.29, 1.82) is 0 Å². The smallest absolute Gasteiger partial charge is 0.326 e. The summed E-state index contributed by atoms with van der Waals surface area (Å²) in [6.45, 7) is 0.0739. The number of hydrogen-bond donors (Lipinski definition) is 1. The van der Waals surface area contributed by atoms with Gasteiger partial charge in [-0.1, -0.05) is 12.1 Å². The Morgan fingerprint density at radius 3 is 2.62 bits per heavy atom. The molecule has 0 aliphatic carbocycles. The van der Waals surface area contributed by atoms with Gasteiger partial charge in [-0.25, -0.2) is 28.5 Å². The van der Waals surface area contributed by atoms with E-state index in [1.165, 1.54) is 10.9 Å². The van der Waals surface area contributed by atoms with Gasteiger partial charge in [0.15, 0.2) is 17.0 Å². The first-order chi connectivity index (χ1) is 16.3. The van der Waals surface area contributed by atoms with Gasteiger partial charge in [0.2, 0.25) is 5.82 Å². The lowest BCUT2D eigenvalue weighted by Gasteiger charge is -2.38. The van der Waals surface area contributed by atoms with Crippen molar-refractivity contribution in [1.82, 2.24) is 34.0 Å². The van der Waals surface area contributed by atoms with Crippen LogP contribution in [-0.4, -0.2) is 72.0 Å². The summed E-state index contributed by atoms with van der Waals surface area (Å²) >= 11 is 0. The van der Waals surface area contributed by atoms with E-state index in [1.54, 1.807) is 7.05 Å². The average molecular weight is 468 g/mol. The number of aryl methyl sites for hydroxylation is 1. The van der Waals surface area contributed by atoms with Crippen molar-refractivity contribution in [3.05, 3.63) is 46.9 Å². The highest BCUT2D eigenvalue weighted by molar-refractivity contribution is 5.96. The van der Waals surface area contributed by atoms with Crippen LogP contribution in [0.4, 0.5) is 14.6 Å². The first-order valence-corrected chi connectivity index (χ1v) is 11.1. The molecule has 176 valence electrons. The van der Waals surface area contributed by atoms with Crippen LogP contribution in [0.3, 0.4) is 0 Å². The van der Waals surface area contributed by atoms with Gasteiger partial charge >= 0.3 is 5.69 Å². The lowest BCUT2D eigenvalue weighted by atomic mass is 10.0. The number of nitrogens with one attached hydrogen (secondary N) is 1. The van der Waals surface area contributed by atoms with Gasteiger partial charge in [-0.3, -0.25) is 9.36 Å². The van der Waals surface area contributed by atoms with Crippen molar-refractivity contribution in [2.75, 3.05) is 31.1 Å². The number of aromatic nitrogens is 6. The molecule has 4 aromatic rings. The number of para-hydroxylation sites is 2. The minimum atomic E-state index is -2.84. The first-order valence-electron chi connectivity index (χ1n) is 11.1. The highest BCUT2D eigenvalue weighted by atomic mass is 19.3. The molecule has 12 heteroatoms. The number of anilines is 1. The van der Waals surface area contributed by atoms with Gasteiger partial charge < -0.3 is 19.4 Å². The van der Waals surface area contributed by atoms with Gasteiger partial charge in [-0.2, -0.15) is 0 Å². The number of H-pyrrole nitrogens is 1. The van der Waals surface area contributed by atoms with E-state index in [0.29, 0.717) is 30.1 Å². The fourth-order valence-corrected chi connectivity index (χ4v) is 4.98. The highest BCUT2D eigenvalue weighted by Crippen LogP contribution is 2.32. The van der Waals surface area contributed by atoms with Crippen molar-refractivity contribution in [3.63, 3.8) is 0 Å². The molecule has 0 radical (unpaired) electrons. The van der Waals surface area contributed by atoms with Gasteiger partial charge in [0, 0.05) is 26.2 Å². The molecule has 2 fully saturated rings. The minimum Gasteiger partial charge on any atom is -0.355 e. The summed E-state index contributed by atoms with van der Waals surface area (Å²) in [6, 6.07) is 7.69. The number of piperidine rings is 1. The number of aromatic amines is 1. The summed E-state index contributed by atoms with van der Waals surface area (Å²) in [6.07, 6.45) is 2.88.